The normalized spacial score (nSPS) is 11.6. The summed E-state index contributed by atoms with van der Waals surface area (Å²) in [6, 6.07) is 7.12. The second-order valence-corrected chi connectivity index (χ2v) is 6.60. The molecule has 0 unspecified atom stereocenters. The Labute approximate surface area is 101 Å². The Morgan fingerprint density at radius 3 is 2.56 bits per heavy atom. The van der Waals surface area contributed by atoms with E-state index in [2.05, 4.69) is 0 Å². The topological polar surface area (TPSA) is 34.1 Å². The van der Waals surface area contributed by atoms with Crippen molar-refractivity contribution in [3.8, 4) is 10.4 Å². The van der Waals surface area contributed by atoms with Crippen LogP contribution in [-0.4, -0.2) is 8.42 Å². The number of hydrogen-bond acceptors (Lipinski definition) is 3. The van der Waals surface area contributed by atoms with E-state index in [1.807, 2.05) is 5.38 Å². The van der Waals surface area contributed by atoms with Crippen LogP contribution >= 0.6 is 22.0 Å². The summed E-state index contributed by atoms with van der Waals surface area (Å²) in [6.07, 6.45) is 0. The van der Waals surface area contributed by atoms with Crippen LogP contribution < -0.4 is 0 Å². The van der Waals surface area contributed by atoms with Crippen LogP contribution in [-0.2, 0) is 9.05 Å². The molecule has 2 rings (SSSR count). The van der Waals surface area contributed by atoms with Crippen molar-refractivity contribution < 1.29 is 12.8 Å². The van der Waals surface area contributed by atoms with Gasteiger partial charge in [0.15, 0.2) is 0 Å². The second-order valence-electron chi connectivity index (χ2n) is 3.09. The largest absolute Gasteiger partial charge is 0.261 e. The van der Waals surface area contributed by atoms with Gasteiger partial charge in [-0.25, -0.2) is 12.8 Å². The fourth-order valence-corrected chi connectivity index (χ4v) is 2.79. The molecule has 0 aliphatic heterocycles. The maximum Gasteiger partial charge on any atom is 0.261 e. The molecule has 0 spiro atoms. The molecule has 0 bridgehead atoms. The molecule has 1 aromatic heterocycles. The van der Waals surface area contributed by atoms with Crippen molar-refractivity contribution in [2.45, 2.75) is 4.90 Å². The van der Waals surface area contributed by atoms with Crippen LogP contribution in [0, 0.1) is 5.82 Å². The SMILES string of the molecule is O=S(=O)(Cl)c1cc(F)cc(-c2cccs2)c1. The van der Waals surface area contributed by atoms with E-state index in [4.69, 9.17) is 10.7 Å². The van der Waals surface area contributed by atoms with E-state index in [-0.39, 0.29) is 4.90 Å². The van der Waals surface area contributed by atoms with Gasteiger partial charge >= 0.3 is 0 Å². The lowest BCUT2D eigenvalue weighted by Gasteiger charge is -2.01. The Morgan fingerprint density at radius 2 is 2.00 bits per heavy atom. The van der Waals surface area contributed by atoms with Crippen LogP contribution in [0.3, 0.4) is 0 Å². The molecular formula is C10H6ClFO2S2. The van der Waals surface area contributed by atoms with Gasteiger partial charge in [-0.05, 0) is 35.2 Å². The van der Waals surface area contributed by atoms with E-state index in [0.717, 1.165) is 10.9 Å². The lowest BCUT2D eigenvalue weighted by Crippen LogP contribution is -1.92. The molecule has 0 atom stereocenters. The summed E-state index contributed by atoms with van der Waals surface area (Å²) >= 11 is 1.40. The van der Waals surface area contributed by atoms with Crippen LogP contribution in [0.5, 0.6) is 0 Å². The number of thiophene rings is 1. The first-order valence-electron chi connectivity index (χ1n) is 4.26. The molecule has 16 heavy (non-hydrogen) atoms. The third-order valence-electron chi connectivity index (χ3n) is 1.96. The van der Waals surface area contributed by atoms with Gasteiger partial charge in [-0.1, -0.05) is 6.07 Å². The maximum atomic E-state index is 13.2. The first-order valence-corrected chi connectivity index (χ1v) is 7.45. The first kappa shape index (κ1) is 11.6. The van der Waals surface area contributed by atoms with Crippen molar-refractivity contribution in [2.75, 3.05) is 0 Å². The fourth-order valence-electron chi connectivity index (χ4n) is 1.29. The predicted molar refractivity (Wildman–Crippen MR) is 62.8 cm³/mol. The Bertz CT molecular complexity index is 606. The molecule has 0 saturated carbocycles. The average Bonchev–Trinajstić information content (AvgIpc) is 2.68. The second kappa shape index (κ2) is 4.16. The zero-order valence-corrected chi connectivity index (χ0v) is 10.2. The summed E-state index contributed by atoms with van der Waals surface area (Å²) in [5.41, 5.74) is 0.509. The third kappa shape index (κ3) is 2.42. The standard InChI is InChI=1S/C10H6ClFO2S2/c11-16(13,14)9-5-7(4-8(12)6-9)10-2-1-3-15-10/h1-6H. The highest BCUT2D eigenvalue weighted by Gasteiger charge is 2.13. The van der Waals surface area contributed by atoms with E-state index in [9.17, 15) is 12.8 Å². The van der Waals surface area contributed by atoms with E-state index in [1.165, 1.54) is 23.5 Å². The molecule has 0 amide bonds. The molecule has 0 aliphatic carbocycles. The first-order chi connectivity index (χ1) is 7.47. The number of halogens is 2. The third-order valence-corrected chi connectivity index (χ3v) is 4.21. The summed E-state index contributed by atoms with van der Waals surface area (Å²) in [7, 11) is 1.27. The fraction of sp³-hybridized carbons (Fsp3) is 0. The van der Waals surface area contributed by atoms with E-state index >= 15 is 0 Å². The van der Waals surface area contributed by atoms with Gasteiger partial charge < -0.3 is 0 Å². The highest BCUT2D eigenvalue weighted by molar-refractivity contribution is 8.13. The van der Waals surface area contributed by atoms with Crippen LogP contribution in [0.25, 0.3) is 10.4 Å². The van der Waals surface area contributed by atoms with Gasteiger partial charge in [0.1, 0.15) is 5.82 Å². The molecule has 0 N–H and O–H groups in total. The van der Waals surface area contributed by atoms with Gasteiger partial charge in [-0.15, -0.1) is 11.3 Å². The average molecular weight is 277 g/mol. The minimum Gasteiger partial charge on any atom is -0.207 e. The van der Waals surface area contributed by atoms with Crippen LogP contribution in [0.15, 0.2) is 40.6 Å². The van der Waals surface area contributed by atoms with Crippen LogP contribution in [0.4, 0.5) is 4.39 Å². The highest BCUT2D eigenvalue weighted by atomic mass is 35.7. The van der Waals surface area contributed by atoms with Crippen molar-refractivity contribution in [1.82, 2.24) is 0 Å². The number of rotatable bonds is 2. The van der Waals surface area contributed by atoms with Crippen molar-refractivity contribution >= 4 is 31.1 Å². The van der Waals surface area contributed by atoms with Crippen molar-refractivity contribution in [2.24, 2.45) is 0 Å². The highest BCUT2D eigenvalue weighted by Crippen LogP contribution is 2.28. The Hall–Kier alpha value is -0.910. The van der Waals surface area contributed by atoms with Gasteiger partial charge in [-0.3, -0.25) is 0 Å². The summed E-state index contributed by atoms with van der Waals surface area (Å²) in [5, 5.41) is 1.83. The quantitative estimate of drug-likeness (QED) is 0.787. The van der Waals surface area contributed by atoms with Gasteiger partial charge in [0.25, 0.3) is 9.05 Å². The Kier molecular flexibility index (Phi) is 3.01. The Morgan fingerprint density at radius 1 is 1.25 bits per heavy atom. The summed E-state index contributed by atoms with van der Waals surface area (Å²) in [5.74, 6) is -0.620. The molecule has 1 aromatic carbocycles. The molecule has 0 saturated heterocycles. The molecule has 1 heterocycles. The van der Waals surface area contributed by atoms with Crippen LogP contribution in [0.1, 0.15) is 0 Å². The summed E-state index contributed by atoms with van der Waals surface area (Å²) in [4.78, 5) is 0.568. The minimum absolute atomic E-state index is 0.224. The maximum absolute atomic E-state index is 13.2. The zero-order chi connectivity index (χ0) is 11.8. The smallest absolute Gasteiger partial charge is 0.207 e. The number of hydrogen-bond donors (Lipinski definition) is 0. The van der Waals surface area contributed by atoms with E-state index in [0.29, 0.717) is 5.56 Å². The monoisotopic (exact) mass is 276 g/mol. The molecule has 84 valence electrons. The van der Waals surface area contributed by atoms with Gasteiger partial charge in [0.05, 0.1) is 4.90 Å². The van der Waals surface area contributed by atoms with Crippen LogP contribution in [0.2, 0.25) is 0 Å². The Balaban J connectivity index is 2.62. The zero-order valence-electron chi connectivity index (χ0n) is 7.85. The molecule has 2 nitrogen and oxygen atoms in total. The molecule has 2 aromatic rings. The van der Waals surface area contributed by atoms with Crippen molar-refractivity contribution in [3.63, 3.8) is 0 Å². The van der Waals surface area contributed by atoms with Gasteiger partial charge in [0, 0.05) is 15.6 Å². The molecular weight excluding hydrogens is 271 g/mol. The van der Waals surface area contributed by atoms with E-state index < -0.39 is 14.9 Å². The van der Waals surface area contributed by atoms with Gasteiger partial charge in [0.2, 0.25) is 0 Å². The molecule has 0 radical (unpaired) electrons. The van der Waals surface area contributed by atoms with Crippen molar-refractivity contribution in [1.29, 1.82) is 0 Å². The summed E-state index contributed by atoms with van der Waals surface area (Å²) in [6.45, 7) is 0. The lowest BCUT2D eigenvalue weighted by atomic mass is 10.2. The minimum atomic E-state index is -3.90. The van der Waals surface area contributed by atoms with Crippen molar-refractivity contribution in [3.05, 3.63) is 41.5 Å². The van der Waals surface area contributed by atoms with E-state index in [1.54, 1.807) is 12.1 Å². The number of benzene rings is 1. The lowest BCUT2D eigenvalue weighted by molar-refractivity contribution is 0.602. The molecule has 0 aliphatic rings. The van der Waals surface area contributed by atoms with Gasteiger partial charge in [-0.2, -0.15) is 0 Å². The molecule has 6 heteroatoms. The summed E-state index contributed by atoms with van der Waals surface area (Å²) < 4.78 is 35.4. The predicted octanol–water partition coefficient (Wildman–Crippen LogP) is 3.48. The molecule has 0 fully saturated rings.